The minimum Gasteiger partial charge on any atom is -0.490 e. The molecular formula is C23H26N2O6S. The van der Waals surface area contributed by atoms with Crippen LogP contribution in [-0.4, -0.2) is 55.9 Å². The first-order chi connectivity index (χ1) is 15.2. The number of piperidine rings is 1. The van der Waals surface area contributed by atoms with E-state index in [4.69, 9.17) is 13.9 Å². The van der Waals surface area contributed by atoms with Crippen LogP contribution in [0.2, 0.25) is 0 Å². The number of hydrogen-bond donors (Lipinski definition) is 0. The van der Waals surface area contributed by atoms with Crippen molar-refractivity contribution >= 4 is 27.0 Å². The number of nitrogens with zero attached hydrogens (tertiary/aromatic N) is 2. The molecule has 1 aliphatic rings. The van der Waals surface area contributed by atoms with Gasteiger partial charge in [0.05, 0.1) is 11.0 Å². The smallest absolute Gasteiger partial charge is 0.410 e. The van der Waals surface area contributed by atoms with Gasteiger partial charge in [-0.15, -0.1) is 0 Å². The molecule has 0 saturated carbocycles. The molecular weight excluding hydrogens is 432 g/mol. The minimum atomic E-state index is -3.31. The molecule has 0 unspecified atom stereocenters. The van der Waals surface area contributed by atoms with Gasteiger partial charge in [0.1, 0.15) is 17.4 Å². The van der Waals surface area contributed by atoms with Crippen LogP contribution in [0.15, 0.2) is 51.8 Å². The van der Waals surface area contributed by atoms with Crippen LogP contribution >= 0.6 is 0 Å². The largest absolute Gasteiger partial charge is 0.490 e. The van der Waals surface area contributed by atoms with Gasteiger partial charge in [0.15, 0.2) is 15.4 Å². The van der Waals surface area contributed by atoms with Gasteiger partial charge < -0.3 is 18.8 Å². The summed E-state index contributed by atoms with van der Waals surface area (Å²) >= 11 is 0. The summed E-state index contributed by atoms with van der Waals surface area (Å²) in [7, 11) is -3.31. The number of carbonyl (C=O) groups is 1. The van der Waals surface area contributed by atoms with Crippen LogP contribution in [0.4, 0.5) is 4.79 Å². The van der Waals surface area contributed by atoms with E-state index in [0.29, 0.717) is 30.1 Å². The highest BCUT2D eigenvalue weighted by atomic mass is 32.2. The first-order valence-corrected chi connectivity index (χ1v) is 12.4. The molecule has 1 amide bonds. The Kier molecular flexibility index (Phi) is 6.10. The van der Waals surface area contributed by atoms with Crippen molar-refractivity contribution < 1.29 is 27.1 Å². The lowest BCUT2D eigenvalue weighted by atomic mass is 10.1. The minimum absolute atomic E-state index is 0.0303. The van der Waals surface area contributed by atoms with Crippen molar-refractivity contribution in [2.24, 2.45) is 0 Å². The number of hydrogen-bond acceptors (Lipinski definition) is 7. The number of benzene rings is 2. The van der Waals surface area contributed by atoms with E-state index in [1.807, 2.05) is 38.1 Å². The van der Waals surface area contributed by atoms with Gasteiger partial charge in [-0.05, 0) is 56.3 Å². The molecule has 170 valence electrons. The van der Waals surface area contributed by atoms with Crippen molar-refractivity contribution in [3.8, 4) is 17.2 Å². The molecule has 3 aromatic rings. The Bertz CT molecular complexity index is 1210. The van der Waals surface area contributed by atoms with Crippen molar-refractivity contribution in [1.29, 1.82) is 0 Å². The summed E-state index contributed by atoms with van der Waals surface area (Å²) in [6.07, 6.45) is 2.27. The summed E-state index contributed by atoms with van der Waals surface area (Å²) in [5.41, 5.74) is 1.78. The van der Waals surface area contributed by atoms with E-state index < -0.39 is 9.84 Å². The fourth-order valence-electron chi connectivity index (χ4n) is 3.56. The average molecular weight is 459 g/mol. The summed E-state index contributed by atoms with van der Waals surface area (Å²) in [6, 6.07) is 12.1. The van der Waals surface area contributed by atoms with Crippen LogP contribution in [0.25, 0.3) is 22.6 Å². The van der Waals surface area contributed by atoms with Crippen LogP contribution in [0.3, 0.4) is 0 Å². The fourth-order valence-corrected chi connectivity index (χ4v) is 4.20. The number of carbonyl (C=O) groups excluding carboxylic acids is 1. The topological polar surface area (TPSA) is 98.9 Å². The number of rotatable bonds is 5. The number of amides is 1. The van der Waals surface area contributed by atoms with Gasteiger partial charge in [-0.3, -0.25) is 0 Å². The zero-order chi connectivity index (χ0) is 22.9. The number of sulfone groups is 1. The molecule has 0 bridgehead atoms. The highest BCUT2D eigenvalue weighted by Gasteiger charge is 2.25. The molecule has 1 aromatic heterocycles. The average Bonchev–Trinajstić information content (AvgIpc) is 3.17. The van der Waals surface area contributed by atoms with Gasteiger partial charge >= 0.3 is 6.09 Å². The second kappa shape index (κ2) is 8.82. The highest BCUT2D eigenvalue weighted by Crippen LogP contribution is 2.28. The van der Waals surface area contributed by atoms with Crippen LogP contribution in [-0.2, 0) is 14.6 Å². The molecule has 0 aliphatic carbocycles. The summed E-state index contributed by atoms with van der Waals surface area (Å²) in [4.78, 5) is 18.3. The Morgan fingerprint density at radius 2 is 1.81 bits per heavy atom. The van der Waals surface area contributed by atoms with Crippen molar-refractivity contribution in [2.75, 3.05) is 19.3 Å². The zero-order valence-electron chi connectivity index (χ0n) is 18.3. The normalized spacial score (nSPS) is 15.3. The van der Waals surface area contributed by atoms with E-state index >= 15 is 0 Å². The molecule has 9 heteroatoms. The summed E-state index contributed by atoms with van der Waals surface area (Å²) in [5, 5.41) is 0. The number of oxazole rings is 1. The maximum absolute atomic E-state index is 12.0. The second-order valence-electron chi connectivity index (χ2n) is 8.18. The summed E-state index contributed by atoms with van der Waals surface area (Å²) in [5.74, 6) is 1.14. The van der Waals surface area contributed by atoms with E-state index in [-0.39, 0.29) is 23.2 Å². The predicted molar refractivity (Wildman–Crippen MR) is 119 cm³/mol. The third kappa shape index (κ3) is 5.04. The monoisotopic (exact) mass is 458 g/mol. The van der Waals surface area contributed by atoms with Gasteiger partial charge in [0.2, 0.25) is 5.89 Å². The molecule has 4 rings (SSSR count). The Morgan fingerprint density at radius 3 is 2.44 bits per heavy atom. The zero-order valence-corrected chi connectivity index (χ0v) is 19.1. The molecule has 2 aromatic carbocycles. The van der Waals surface area contributed by atoms with Gasteiger partial charge in [-0.25, -0.2) is 18.2 Å². The Hall–Kier alpha value is -3.07. The van der Waals surface area contributed by atoms with Crippen LogP contribution < -0.4 is 4.74 Å². The third-order valence-corrected chi connectivity index (χ3v) is 6.34. The Morgan fingerprint density at radius 1 is 1.12 bits per heavy atom. The van der Waals surface area contributed by atoms with Crippen molar-refractivity contribution in [1.82, 2.24) is 9.88 Å². The first-order valence-electron chi connectivity index (χ1n) is 10.5. The van der Waals surface area contributed by atoms with Crippen molar-refractivity contribution in [2.45, 2.75) is 43.8 Å². The van der Waals surface area contributed by atoms with E-state index in [2.05, 4.69) is 4.98 Å². The second-order valence-corrected chi connectivity index (χ2v) is 10.2. The van der Waals surface area contributed by atoms with Crippen LogP contribution in [0.5, 0.6) is 5.75 Å². The molecule has 2 heterocycles. The first kappa shape index (κ1) is 22.1. The molecule has 8 nitrogen and oxygen atoms in total. The van der Waals surface area contributed by atoms with Crippen molar-refractivity contribution in [3.63, 3.8) is 0 Å². The van der Waals surface area contributed by atoms with E-state index in [1.54, 1.807) is 11.0 Å². The predicted octanol–water partition coefficient (Wildman–Crippen LogP) is 4.29. The molecule has 1 fully saturated rings. The maximum Gasteiger partial charge on any atom is 0.410 e. The Labute approximate surface area is 187 Å². The lowest BCUT2D eigenvalue weighted by molar-refractivity contribution is 0.0517. The van der Waals surface area contributed by atoms with Gasteiger partial charge in [-0.2, -0.15) is 0 Å². The molecule has 0 spiro atoms. The van der Waals surface area contributed by atoms with Crippen LogP contribution in [0.1, 0.15) is 26.7 Å². The summed E-state index contributed by atoms with van der Waals surface area (Å²) < 4.78 is 40.6. The third-order valence-electron chi connectivity index (χ3n) is 5.23. The van der Waals surface area contributed by atoms with E-state index in [1.165, 1.54) is 12.1 Å². The van der Waals surface area contributed by atoms with Gasteiger partial charge in [0.25, 0.3) is 0 Å². The molecule has 1 aliphatic heterocycles. The van der Waals surface area contributed by atoms with Gasteiger partial charge in [0, 0.05) is 37.8 Å². The number of aromatic nitrogens is 1. The quantitative estimate of drug-likeness (QED) is 0.562. The molecule has 0 N–H and O–H groups in total. The Balaban J connectivity index is 1.39. The number of ether oxygens (including phenoxy) is 2. The molecule has 0 atom stereocenters. The standard InChI is InChI=1S/C23H26N2O6S/c1-15(2)29-23(26)25-12-10-18(11-13-25)30-17-6-4-16(5-7-17)22-24-20-14-19(32(3,27)28)8-9-21(20)31-22/h4-9,14-15,18H,10-13H2,1-3H3. The molecule has 32 heavy (non-hydrogen) atoms. The lowest BCUT2D eigenvalue weighted by Crippen LogP contribution is -2.42. The highest BCUT2D eigenvalue weighted by molar-refractivity contribution is 7.90. The number of fused-ring (bicyclic) bond motifs is 1. The molecule has 1 saturated heterocycles. The summed E-state index contributed by atoms with van der Waals surface area (Å²) in [6.45, 7) is 4.88. The van der Waals surface area contributed by atoms with Gasteiger partial charge in [-0.1, -0.05) is 0 Å². The lowest BCUT2D eigenvalue weighted by Gasteiger charge is -2.32. The molecule has 0 radical (unpaired) electrons. The van der Waals surface area contributed by atoms with E-state index in [0.717, 1.165) is 30.4 Å². The maximum atomic E-state index is 12.0. The van der Waals surface area contributed by atoms with Crippen molar-refractivity contribution in [3.05, 3.63) is 42.5 Å². The fraction of sp³-hybridized carbons (Fsp3) is 0.391. The SMILES string of the molecule is CC(C)OC(=O)N1CCC(Oc2ccc(-c3nc4cc(S(C)(=O)=O)ccc4o3)cc2)CC1. The number of likely N-dealkylation sites (tertiary alicyclic amines) is 1. The van der Waals surface area contributed by atoms with Crippen LogP contribution in [0, 0.1) is 0 Å². The van der Waals surface area contributed by atoms with E-state index in [9.17, 15) is 13.2 Å².